The highest BCUT2D eigenvalue weighted by atomic mass is 15.6. The molecule has 3 atom stereocenters. The molecule has 144 valence electrons. The Morgan fingerprint density at radius 1 is 0.964 bits per heavy atom. The summed E-state index contributed by atoms with van der Waals surface area (Å²) in [6.45, 7) is 2.91. The lowest BCUT2D eigenvalue weighted by molar-refractivity contribution is 0.303. The maximum absolute atomic E-state index is 4.35. The first-order chi connectivity index (χ1) is 13.9. The lowest BCUT2D eigenvalue weighted by Crippen LogP contribution is -2.47. The fourth-order valence-corrected chi connectivity index (χ4v) is 4.59. The van der Waals surface area contributed by atoms with Gasteiger partial charge >= 0.3 is 0 Å². The molecule has 0 aliphatic carbocycles. The van der Waals surface area contributed by atoms with Crippen molar-refractivity contribution in [2.24, 2.45) is 5.92 Å². The predicted octanol–water partition coefficient (Wildman–Crippen LogP) is 2.14. The average Bonchev–Trinajstić information content (AvgIpc) is 3.45. The summed E-state index contributed by atoms with van der Waals surface area (Å²) in [5, 5.41) is 12.5. The van der Waals surface area contributed by atoms with E-state index < -0.39 is 0 Å². The van der Waals surface area contributed by atoms with Crippen LogP contribution in [0.3, 0.4) is 0 Å². The van der Waals surface area contributed by atoms with E-state index in [2.05, 4.69) is 61.6 Å². The van der Waals surface area contributed by atoms with E-state index in [1.165, 1.54) is 12.0 Å². The van der Waals surface area contributed by atoms with Gasteiger partial charge in [0.25, 0.3) is 0 Å². The Bertz CT molecular complexity index is 895. The molecule has 1 aromatic heterocycles. The van der Waals surface area contributed by atoms with Crippen LogP contribution in [0, 0.1) is 5.92 Å². The van der Waals surface area contributed by atoms with Crippen LogP contribution < -0.4 is 15.8 Å². The second kappa shape index (κ2) is 7.69. The lowest BCUT2D eigenvalue weighted by atomic mass is 9.81. The van der Waals surface area contributed by atoms with Crippen molar-refractivity contribution in [1.29, 1.82) is 0 Å². The van der Waals surface area contributed by atoms with Gasteiger partial charge in [-0.3, -0.25) is 10.9 Å². The van der Waals surface area contributed by atoms with Gasteiger partial charge < -0.3 is 4.90 Å². The summed E-state index contributed by atoms with van der Waals surface area (Å²) in [6.07, 6.45) is 2.36. The monoisotopic (exact) mass is 375 g/mol. The maximum atomic E-state index is 4.35. The summed E-state index contributed by atoms with van der Waals surface area (Å²) >= 11 is 0. The van der Waals surface area contributed by atoms with E-state index in [-0.39, 0.29) is 0 Å². The van der Waals surface area contributed by atoms with Crippen LogP contribution in [0.1, 0.15) is 24.3 Å². The van der Waals surface area contributed by atoms with E-state index in [1.54, 1.807) is 0 Å². The van der Waals surface area contributed by atoms with E-state index >= 15 is 0 Å². The molecule has 3 heterocycles. The molecule has 2 saturated heterocycles. The number of hydrazine groups is 1. The third-order valence-corrected chi connectivity index (χ3v) is 5.95. The van der Waals surface area contributed by atoms with Crippen molar-refractivity contribution < 1.29 is 0 Å². The number of aromatic nitrogens is 4. The fraction of sp³-hybridized carbons (Fsp3) is 0.381. The molecule has 0 bridgehead atoms. The number of hydrogen-bond acceptors (Lipinski definition) is 6. The number of benzene rings is 2. The lowest BCUT2D eigenvalue weighted by Gasteiger charge is -2.37. The molecule has 28 heavy (non-hydrogen) atoms. The molecule has 2 N–H and O–H groups in total. The van der Waals surface area contributed by atoms with Crippen molar-refractivity contribution in [3.8, 4) is 5.69 Å². The first-order valence-electron chi connectivity index (χ1n) is 10.0. The predicted molar refractivity (Wildman–Crippen MR) is 108 cm³/mol. The number of hydrogen-bond donors (Lipinski definition) is 2. The molecule has 3 unspecified atom stereocenters. The second-order valence-electron chi connectivity index (χ2n) is 7.64. The molecule has 2 aliphatic heterocycles. The van der Waals surface area contributed by atoms with E-state index in [9.17, 15) is 0 Å². The highest BCUT2D eigenvalue weighted by Gasteiger charge is 2.37. The molecule has 0 amide bonds. The van der Waals surface area contributed by atoms with Crippen LogP contribution in [-0.4, -0.2) is 45.9 Å². The maximum Gasteiger partial charge on any atom is 0.250 e. The Labute approximate surface area is 164 Å². The zero-order chi connectivity index (χ0) is 18.8. The van der Waals surface area contributed by atoms with Gasteiger partial charge in [0, 0.05) is 31.6 Å². The Morgan fingerprint density at radius 2 is 1.75 bits per heavy atom. The van der Waals surface area contributed by atoms with Crippen molar-refractivity contribution >= 4 is 5.95 Å². The number of nitrogens with one attached hydrogen (secondary N) is 2. The number of para-hydroxylation sites is 1. The summed E-state index contributed by atoms with van der Waals surface area (Å²) in [5.74, 6) is 1.85. The van der Waals surface area contributed by atoms with E-state index in [0.717, 1.165) is 37.7 Å². The van der Waals surface area contributed by atoms with Crippen molar-refractivity contribution in [2.75, 3.05) is 24.5 Å². The van der Waals surface area contributed by atoms with Gasteiger partial charge in [-0.25, -0.2) is 0 Å². The van der Waals surface area contributed by atoms with Crippen molar-refractivity contribution in [2.45, 2.75) is 24.8 Å². The minimum atomic E-state index is 0.409. The van der Waals surface area contributed by atoms with E-state index in [4.69, 9.17) is 0 Å². The van der Waals surface area contributed by atoms with Gasteiger partial charge in [0.1, 0.15) is 0 Å². The molecule has 3 aromatic rings. The topological polar surface area (TPSA) is 70.9 Å². The Hall–Kier alpha value is -2.77. The minimum absolute atomic E-state index is 0.409. The molecule has 2 fully saturated rings. The molecule has 0 saturated carbocycles. The standard InChI is InChI=1S/C21H25N7/c1-3-8-16(9-4-1)19-14-22-23-20(19)17-10-7-13-27(15-17)21-24-25-26-28(21)18-11-5-2-6-12-18/h1-6,8-9,11-12,17,19-20,22-23H,7,10,13-15H2. The highest BCUT2D eigenvalue weighted by Crippen LogP contribution is 2.32. The van der Waals surface area contributed by atoms with Gasteiger partial charge in [-0.2, -0.15) is 4.68 Å². The molecular weight excluding hydrogens is 350 g/mol. The zero-order valence-electron chi connectivity index (χ0n) is 15.8. The summed E-state index contributed by atoms with van der Waals surface area (Å²) in [5.41, 5.74) is 9.34. The number of anilines is 1. The van der Waals surface area contributed by atoms with Crippen LogP contribution in [0.5, 0.6) is 0 Å². The fourth-order valence-electron chi connectivity index (χ4n) is 4.59. The molecule has 2 aromatic carbocycles. The summed E-state index contributed by atoms with van der Waals surface area (Å²) in [7, 11) is 0. The first kappa shape index (κ1) is 17.3. The zero-order valence-corrected chi connectivity index (χ0v) is 15.8. The Balaban J connectivity index is 1.37. The number of rotatable bonds is 4. The minimum Gasteiger partial charge on any atom is -0.339 e. The smallest absolute Gasteiger partial charge is 0.250 e. The highest BCUT2D eigenvalue weighted by molar-refractivity contribution is 5.41. The number of piperidine rings is 1. The Morgan fingerprint density at radius 3 is 2.57 bits per heavy atom. The molecule has 5 rings (SSSR count). The molecular formula is C21H25N7. The van der Waals surface area contributed by atoms with Gasteiger partial charge in [0.05, 0.1) is 5.69 Å². The SMILES string of the molecule is c1ccc(C2CNNC2C2CCCN(c3nnnn3-c3ccccc3)C2)cc1. The third-order valence-electron chi connectivity index (χ3n) is 5.95. The quantitative estimate of drug-likeness (QED) is 0.728. The van der Waals surface area contributed by atoms with Crippen molar-refractivity contribution in [3.05, 3.63) is 66.2 Å². The van der Waals surface area contributed by atoms with E-state index in [0.29, 0.717) is 17.9 Å². The van der Waals surface area contributed by atoms with Crippen LogP contribution in [0.25, 0.3) is 5.69 Å². The van der Waals surface area contributed by atoms with Gasteiger partial charge in [0.2, 0.25) is 5.95 Å². The molecule has 0 spiro atoms. The normalized spacial score (nSPS) is 25.1. The summed E-state index contributed by atoms with van der Waals surface area (Å²) < 4.78 is 1.84. The molecule has 7 heteroatoms. The molecule has 2 aliphatic rings. The van der Waals surface area contributed by atoms with Crippen LogP contribution in [-0.2, 0) is 0 Å². The molecule has 7 nitrogen and oxygen atoms in total. The van der Waals surface area contributed by atoms with Crippen molar-refractivity contribution in [1.82, 2.24) is 31.1 Å². The Kier molecular flexibility index (Phi) is 4.76. The van der Waals surface area contributed by atoms with Gasteiger partial charge in [-0.15, -0.1) is 0 Å². The van der Waals surface area contributed by atoms with Gasteiger partial charge in [-0.05, 0) is 46.9 Å². The summed E-state index contributed by atoms with van der Waals surface area (Å²) in [6, 6.07) is 21.3. The molecule has 0 radical (unpaired) electrons. The number of tetrazole rings is 1. The van der Waals surface area contributed by atoms with Gasteiger partial charge in [-0.1, -0.05) is 53.6 Å². The largest absolute Gasteiger partial charge is 0.339 e. The van der Waals surface area contributed by atoms with Crippen LogP contribution in [0.2, 0.25) is 0 Å². The van der Waals surface area contributed by atoms with Crippen LogP contribution in [0.4, 0.5) is 5.95 Å². The number of nitrogens with zero attached hydrogens (tertiary/aromatic N) is 5. The average molecular weight is 375 g/mol. The second-order valence-corrected chi connectivity index (χ2v) is 7.64. The first-order valence-corrected chi connectivity index (χ1v) is 10.0. The third kappa shape index (κ3) is 3.27. The summed E-state index contributed by atoms with van der Waals surface area (Å²) in [4.78, 5) is 2.34. The van der Waals surface area contributed by atoms with Crippen LogP contribution >= 0.6 is 0 Å². The van der Waals surface area contributed by atoms with Gasteiger partial charge in [0.15, 0.2) is 0 Å². The van der Waals surface area contributed by atoms with Crippen LogP contribution in [0.15, 0.2) is 60.7 Å². The van der Waals surface area contributed by atoms with Crippen molar-refractivity contribution in [3.63, 3.8) is 0 Å². The van der Waals surface area contributed by atoms with E-state index in [1.807, 2.05) is 35.0 Å².